The number of aromatic amines is 1. The van der Waals surface area contributed by atoms with Crippen molar-refractivity contribution in [1.82, 2.24) is 19.9 Å². The normalized spacial score (nSPS) is 10.7. The monoisotopic (exact) mass is 388 g/mol. The van der Waals surface area contributed by atoms with Gasteiger partial charge in [0.05, 0.1) is 18.7 Å². The zero-order chi connectivity index (χ0) is 19.4. The second-order valence-electron chi connectivity index (χ2n) is 5.61. The van der Waals surface area contributed by atoms with E-state index in [1.54, 1.807) is 11.9 Å². The first-order valence-electron chi connectivity index (χ1n) is 7.90. The molecule has 138 valence electrons. The molecule has 0 aliphatic rings. The third-order valence-electron chi connectivity index (χ3n) is 3.71. The summed E-state index contributed by atoms with van der Waals surface area (Å²) in [5.74, 6) is -1.28. The average Bonchev–Trinajstić information content (AvgIpc) is 2.66. The maximum absolute atomic E-state index is 13.8. The Hall–Kier alpha value is -3.06. The van der Waals surface area contributed by atoms with Crippen molar-refractivity contribution >= 4 is 28.7 Å². The Morgan fingerprint density at radius 1 is 1.33 bits per heavy atom. The summed E-state index contributed by atoms with van der Waals surface area (Å²) >= 11 is 1.10. The molecule has 3 aromatic rings. The van der Waals surface area contributed by atoms with Gasteiger partial charge in [-0.3, -0.25) is 4.79 Å². The fraction of sp³-hybridized carbons (Fsp3) is 0.235. The van der Waals surface area contributed by atoms with E-state index in [0.29, 0.717) is 17.9 Å². The van der Waals surface area contributed by atoms with Gasteiger partial charge in [-0.2, -0.15) is 5.26 Å². The van der Waals surface area contributed by atoms with E-state index in [1.165, 1.54) is 12.1 Å². The standard InChI is InChI=1S/C17H14F2N6OS/c1-25(7-3-6-20)16-14-15(22-12(26)8-21-14)23-17(24-16)27-9-10-4-2-5-11(18)13(10)19/h2,4-5,8H,3,7,9H2,1H3,(H,22,23,24,26). The Morgan fingerprint density at radius 2 is 2.15 bits per heavy atom. The van der Waals surface area contributed by atoms with Crippen LogP contribution >= 0.6 is 11.8 Å². The van der Waals surface area contributed by atoms with Crippen LogP contribution in [0.3, 0.4) is 0 Å². The Balaban J connectivity index is 1.96. The van der Waals surface area contributed by atoms with Gasteiger partial charge in [-0.25, -0.2) is 23.7 Å². The molecule has 0 saturated carbocycles. The first-order valence-corrected chi connectivity index (χ1v) is 8.89. The highest BCUT2D eigenvalue weighted by Gasteiger charge is 2.15. The molecule has 0 aliphatic carbocycles. The SMILES string of the molecule is CN(CCC#N)c1nc(SCc2cccc(F)c2F)nc2[nH]c(=O)cnc12. The summed E-state index contributed by atoms with van der Waals surface area (Å²) in [6, 6.07) is 6.01. The molecule has 0 spiro atoms. The molecule has 0 radical (unpaired) electrons. The molecule has 0 atom stereocenters. The van der Waals surface area contributed by atoms with Crippen LogP contribution in [-0.2, 0) is 5.75 Å². The van der Waals surface area contributed by atoms with E-state index in [2.05, 4.69) is 26.0 Å². The van der Waals surface area contributed by atoms with Gasteiger partial charge >= 0.3 is 0 Å². The fourth-order valence-electron chi connectivity index (χ4n) is 2.36. The number of thioether (sulfide) groups is 1. The minimum absolute atomic E-state index is 0.112. The number of nitrogens with zero attached hydrogens (tertiary/aromatic N) is 5. The minimum atomic E-state index is -0.919. The van der Waals surface area contributed by atoms with E-state index in [4.69, 9.17) is 5.26 Å². The lowest BCUT2D eigenvalue weighted by Crippen LogP contribution is -2.21. The number of nitriles is 1. The zero-order valence-corrected chi connectivity index (χ0v) is 15.1. The number of fused-ring (bicyclic) bond motifs is 1. The maximum atomic E-state index is 13.8. The second-order valence-corrected chi connectivity index (χ2v) is 6.55. The molecule has 0 bridgehead atoms. The third kappa shape index (κ3) is 4.20. The first kappa shape index (κ1) is 18.7. The number of anilines is 1. The summed E-state index contributed by atoms with van der Waals surface area (Å²) in [6.45, 7) is 0.409. The Labute approximate surface area is 157 Å². The van der Waals surface area contributed by atoms with Gasteiger partial charge in [-0.15, -0.1) is 0 Å². The molecular weight excluding hydrogens is 374 g/mol. The highest BCUT2D eigenvalue weighted by Crippen LogP contribution is 2.27. The highest BCUT2D eigenvalue weighted by atomic mass is 32.2. The molecule has 2 heterocycles. The number of H-pyrrole nitrogens is 1. The molecular formula is C17H14F2N6OS. The van der Waals surface area contributed by atoms with Crippen LogP contribution in [0.25, 0.3) is 11.2 Å². The summed E-state index contributed by atoms with van der Waals surface area (Å²) in [6.07, 6.45) is 1.41. The van der Waals surface area contributed by atoms with Crippen molar-refractivity contribution in [3.63, 3.8) is 0 Å². The van der Waals surface area contributed by atoms with Gasteiger partial charge in [0.25, 0.3) is 5.56 Å². The molecule has 1 N–H and O–H groups in total. The predicted molar refractivity (Wildman–Crippen MR) is 97.4 cm³/mol. The molecule has 10 heteroatoms. The van der Waals surface area contributed by atoms with E-state index in [-0.39, 0.29) is 28.5 Å². The summed E-state index contributed by atoms with van der Waals surface area (Å²) in [4.78, 5) is 28.6. The smallest absolute Gasteiger partial charge is 0.268 e. The van der Waals surface area contributed by atoms with Crippen LogP contribution < -0.4 is 10.5 Å². The Kier molecular flexibility index (Phi) is 5.61. The zero-order valence-electron chi connectivity index (χ0n) is 14.2. The molecule has 3 rings (SSSR count). The molecule has 0 amide bonds. The van der Waals surface area contributed by atoms with Crippen LogP contribution in [0.4, 0.5) is 14.6 Å². The van der Waals surface area contributed by atoms with Gasteiger partial charge in [0.1, 0.15) is 5.52 Å². The van der Waals surface area contributed by atoms with E-state index in [9.17, 15) is 13.6 Å². The number of halogens is 2. The largest absolute Gasteiger partial charge is 0.357 e. The van der Waals surface area contributed by atoms with Crippen LogP contribution in [0, 0.1) is 23.0 Å². The van der Waals surface area contributed by atoms with E-state index < -0.39 is 17.2 Å². The summed E-state index contributed by atoms with van der Waals surface area (Å²) in [7, 11) is 1.74. The van der Waals surface area contributed by atoms with Crippen LogP contribution in [0.2, 0.25) is 0 Å². The lowest BCUT2D eigenvalue weighted by Gasteiger charge is -2.18. The molecule has 0 unspecified atom stereocenters. The minimum Gasteiger partial charge on any atom is -0.357 e. The van der Waals surface area contributed by atoms with E-state index in [0.717, 1.165) is 24.0 Å². The Bertz CT molecular complexity index is 1080. The molecule has 7 nitrogen and oxygen atoms in total. The topological polar surface area (TPSA) is 98.6 Å². The predicted octanol–water partition coefficient (Wildman–Crippen LogP) is 2.63. The number of nitrogens with one attached hydrogen (secondary N) is 1. The maximum Gasteiger partial charge on any atom is 0.268 e. The van der Waals surface area contributed by atoms with Crippen LogP contribution in [0.1, 0.15) is 12.0 Å². The number of benzene rings is 1. The average molecular weight is 388 g/mol. The van der Waals surface area contributed by atoms with Gasteiger partial charge < -0.3 is 9.88 Å². The summed E-state index contributed by atoms with van der Waals surface area (Å²) in [5, 5.41) is 9.05. The Morgan fingerprint density at radius 3 is 2.93 bits per heavy atom. The van der Waals surface area contributed by atoms with Gasteiger partial charge in [0, 0.05) is 24.9 Å². The highest BCUT2D eigenvalue weighted by molar-refractivity contribution is 7.98. The molecule has 2 aromatic heterocycles. The molecule has 0 saturated heterocycles. The van der Waals surface area contributed by atoms with Crippen LogP contribution in [0.15, 0.2) is 34.3 Å². The number of rotatable bonds is 6. The van der Waals surface area contributed by atoms with Crippen LogP contribution in [0.5, 0.6) is 0 Å². The lowest BCUT2D eigenvalue weighted by atomic mass is 10.2. The fourth-order valence-corrected chi connectivity index (χ4v) is 3.17. The van der Waals surface area contributed by atoms with Gasteiger partial charge in [0.2, 0.25) is 0 Å². The van der Waals surface area contributed by atoms with Crippen molar-refractivity contribution in [2.75, 3.05) is 18.5 Å². The van der Waals surface area contributed by atoms with Crippen molar-refractivity contribution in [3.8, 4) is 6.07 Å². The molecule has 1 aromatic carbocycles. The second kappa shape index (κ2) is 8.09. The summed E-state index contributed by atoms with van der Waals surface area (Å²) in [5.41, 5.74) is 0.386. The van der Waals surface area contributed by atoms with Gasteiger partial charge in [-0.05, 0) is 6.07 Å². The van der Waals surface area contributed by atoms with Crippen molar-refractivity contribution in [3.05, 3.63) is 51.9 Å². The summed E-state index contributed by atoms with van der Waals surface area (Å²) < 4.78 is 27.2. The molecule has 0 fully saturated rings. The molecule has 27 heavy (non-hydrogen) atoms. The van der Waals surface area contributed by atoms with Crippen molar-refractivity contribution in [1.29, 1.82) is 5.26 Å². The number of hydrogen-bond acceptors (Lipinski definition) is 7. The van der Waals surface area contributed by atoms with Crippen LogP contribution in [-0.4, -0.2) is 33.5 Å². The first-order chi connectivity index (χ1) is 13.0. The number of aromatic nitrogens is 4. The van der Waals surface area contributed by atoms with Gasteiger partial charge in [-0.1, -0.05) is 23.9 Å². The lowest BCUT2D eigenvalue weighted by molar-refractivity contribution is 0.502. The van der Waals surface area contributed by atoms with E-state index >= 15 is 0 Å². The number of hydrogen-bond donors (Lipinski definition) is 1. The van der Waals surface area contributed by atoms with Crippen molar-refractivity contribution in [2.45, 2.75) is 17.3 Å². The van der Waals surface area contributed by atoms with Crippen molar-refractivity contribution in [2.24, 2.45) is 0 Å². The van der Waals surface area contributed by atoms with Gasteiger partial charge in [0.15, 0.2) is 28.3 Å². The van der Waals surface area contributed by atoms with Crippen molar-refractivity contribution < 1.29 is 8.78 Å². The molecule has 0 aliphatic heterocycles. The third-order valence-corrected chi connectivity index (χ3v) is 4.60. The quantitative estimate of drug-likeness (QED) is 0.512. The van der Waals surface area contributed by atoms with E-state index in [1.807, 2.05) is 0 Å².